The molecule has 3 aliphatic rings. The molecule has 3 aliphatic heterocycles. The molecule has 54 heavy (non-hydrogen) atoms. The molecule has 0 aliphatic carbocycles. The topological polar surface area (TPSA) is 200 Å². The van der Waals surface area contributed by atoms with Gasteiger partial charge < -0.3 is 54.4 Å². The molecule has 0 spiro atoms. The van der Waals surface area contributed by atoms with E-state index in [-0.39, 0.29) is 37.1 Å². The molecule has 14 nitrogen and oxygen atoms in total. The Kier molecular flexibility index (Phi) is 16.0. The molecule has 0 saturated carbocycles. The second-order valence-electron chi connectivity index (χ2n) is 17.2. The molecular weight excluding hydrogens is 700 g/mol. The molecule has 8 unspecified atom stereocenters. The third-order valence-corrected chi connectivity index (χ3v) is 12.8. The first-order valence-corrected chi connectivity index (χ1v) is 19.6. The minimum Gasteiger partial charge on any atom is -0.459 e. The maximum absolute atomic E-state index is 14.3. The standard InChI is InChI=1S/C40H70N2O12/c1-14-16-17-42(12)27-18-22(4)51-37(32(27)43)54-35-23(5)30(28-20-39(10,50-13)34(45)26(8)52-28)24(6)36(46)53-29(15-2)40(11,48)33(44)25(7)31(41-49)21(3)19-38(35,9)47/h1,21-30,32-35,37,43-45,47-49H,15-20H2,2-13H3/b41-31+/t21-,22?,23+,24?,25?,26?,27?,28?,29-,30+,32-,33?,34+,35-,37?,38-,39-,40-/m1/s1. The van der Waals surface area contributed by atoms with E-state index in [0.717, 1.165) is 0 Å². The summed E-state index contributed by atoms with van der Waals surface area (Å²) >= 11 is 0. The zero-order chi connectivity index (χ0) is 41.1. The number of terminal acetylenes is 1. The van der Waals surface area contributed by atoms with E-state index in [9.17, 15) is 35.5 Å². The lowest BCUT2D eigenvalue weighted by Crippen LogP contribution is -2.62. The van der Waals surface area contributed by atoms with Gasteiger partial charge in [-0.3, -0.25) is 9.69 Å². The number of hydrogen-bond donors (Lipinski definition) is 6. The zero-order valence-electron chi connectivity index (χ0n) is 34.5. The van der Waals surface area contributed by atoms with Crippen LogP contribution >= 0.6 is 0 Å². The molecule has 3 heterocycles. The number of ether oxygens (including phenoxy) is 5. The molecule has 0 amide bonds. The Hall–Kier alpha value is -1.90. The third-order valence-electron chi connectivity index (χ3n) is 12.8. The van der Waals surface area contributed by atoms with Gasteiger partial charge in [0.15, 0.2) is 6.29 Å². The normalized spacial score (nSPS) is 48.2. The van der Waals surface area contributed by atoms with E-state index in [0.29, 0.717) is 19.4 Å². The monoisotopic (exact) mass is 770 g/mol. The first-order chi connectivity index (χ1) is 25.0. The van der Waals surface area contributed by atoms with E-state index in [1.54, 1.807) is 48.5 Å². The Morgan fingerprint density at radius 1 is 1.00 bits per heavy atom. The Balaban J connectivity index is 2.25. The van der Waals surface area contributed by atoms with Crippen molar-refractivity contribution in [2.75, 3.05) is 20.7 Å². The van der Waals surface area contributed by atoms with Crippen LogP contribution in [0.4, 0.5) is 0 Å². The highest BCUT2D eigenvalue weighted by Crippen LogP contribution is 2.45. The highest BCUT2D eigenvalue weighted by molar-refractivity contribution is 5.88. The fraction of sp³-hybridized carbons (Fsp3) is 0.900. The van der Waals surface area contributed by atoms with Gasteiger partial charge in [-0.1, -0.05) is 39.8 Å². The van der Waals surface area contributed by atoms with Crippen LogP contribution in [-0.4, -0.2) is 146 Å². The van der Waals surface area contributed by atoms with E-state index in [1.165, 1.54) is 14.0 Å². The molecule has 6 N–H and O–H groups in total. The first kappa shape index (κ1) is 46.5. The van der Waals surface area contributed by atoms with Crippen LogP contribution in [0.5, 0.6) is 0 Å². The number of aliphatic hydroxyl groups excluding tert-OH is 3. The lowest BCUT2D eigenvalue weighted by atomic mass is 9.67. The number of aliphatic hydroxyl groups is 5. The molecule has 0 radical (unpaired) electrons. The summed E-state index contributed by atoms with van der Waals surface area (Å²) in [6, 6.07) is -0.379. The maximum Gasteiger partial charge on any atom is 0.309 e. The van der Waals surface area contributed by atoms with Crippen LogP contribution < -0.4 is 0 Å². The zero-order valence-corrected chi connectivity index (χ0v) is 34.5. The van der Waals surface area contributed by atoms with Crippen molar-refractivity contribution < 1.29 is 59.2 Å². The van der Waals surface area contributed by atoms with E-state index in [2.05, 4.69) is 11.1 Å². The van der Waals surface area contributed by atoms with Crippen LogP contribution in [0.3, 0.4) is 0 Å². The van der Waals surface area contributed by atoms with Crippen molar-refractivity contribution in [2.24, 2.45) is 34.7 Å². The second kappa shape index (κ2) is 18.6. The van der Waals surface area contributed by atoms with Gasteiger partial charge in [0.05, 0.1) is 53.4 Å². The SMILES string of the molecule is C#CCCN(C)C1CC(C)OC(O[C@@H]2[C@@H](C)[C@H](C3C[C@@](C)(OC)[C@@H](O)C(C)O3)C(C)C(=O)O[C@H](CC)[C@@](C)(O)C(O)C(C)/C(=N/O)[C@H](C)C[C@@]2(C)O)[C@@H]1O. The second-order valence-corrected chi connectivity index (χ2v) is 17.2. The fourth-order valence-electron chi connectivity index (χ4n) is 9.49. The smallest absolute Gasteiger partial charge is 0.309 e. The number of nitrogens with zero attached hydrogens (tertiary/aromatic N) is 2. The number of methoxy groups -OCH3 is 1. The van der Waals surface area contributed by atoms with Crippen molar-refractivity contribution in [3.05, 3.63) is 0 Å². The van der Waals surface area contributed by atoms with Gasteiger partial charge in [0.2, 0.25) is 0 Å². The first-order valence-electron chi connectivity index (χ1n) is 19.6. The van der Waals surface area contributed by atoms with Crippen LogP contribution in [0.1, 0.15) is 101 Å². The Labute approximate surface area is 322 Å². The van der Waals surface area contributed by atoms with E-state index < -0.39 is 101 Å². The van der Waals surface area contributed by atoms with E-state index in [4.69, 9.17) is 30.1 Å². The molecule has 0 aromatic carbocycles. The molecule has 0 aromatic heterocycles. The van der Waals surface area contributed by atoms with Gasteiger partial charge in [-0.15, -0.1) is 12.3 Å². The summed E-state index contributed by atoms with van der Waals surface area (Å²) in [4.78, 5) is 16.3. The fourth-order valence-corrected chi connectivity index (χ4v) is 9.49. The lowest BCUT2D eigenvalue weighted by Gasteiger charge is -2.51. The maximum atomic E-state index is 14.3. The number of carbonyl (C=O) groups excluding carboxylic acids is 1. The van der Waals surface area contributed by atoms with Crippen molar-refractivity contribution in [3.8, 4) is 12.3 Å². The predicted molar refractivity (Wildman–Crippen MR) is 201 cm³/mol. The lowest BCUT2D eigenvalue weighted by molar-refractivity contribution is -0.302. The van der Waals surface area contributed by atoms with Gasteiger partial charge in [0, 0.05) is 50.3 Å². The van der Waals surface area contributed by atoms with Crippen LogP contribution in [0, 0.1) is 41.9 Å². The summed E-state index contributed by atoms with van der Waals surface area (Å²) in [6.07, 6.45) is -2.14. The molecular formula is C40H70N2O12. The quantitative estimate of drug-likeness (QED) is 0.0913. The minimum absolute atomic E-state index is 0.0519. The van der Waals surface area contributed by atoms with E-state index >= 15 is 0 Å². The van der Waals surface area contributed by atoms with Gasteiger partial charge in [-0.2, -0.15) is 0 Å². The molecule has 0 aromatic rings. The van der Waals surface area contributed by atoms with Crippen LogP contribution in [0.2, 0.25) is 0 Å². The molecule has 0 bridgehead atoms. The number of rotatable bonds is 8. The average Bonchev–Trinajstić information content (AvgIpc) is 3.10. The summed E-state index contributed by atoms with van der Waals surface area (Å²) in [5, 5.41) is 72.7. The number of carbonyl (C=O) groups is 1. The molecule has 18 atom stereocenters. The Morgan fingerprint density at radius 2 is 1.63 bits per heavy atom. The largest absolute Gasteiger partial charge is 0.459 e. The van der Waals surface area contributed by atoms with Crippen molar-refractivity contribution in [3.63, 3.8) is 0 Å². The van der Waals surface area contributed by atoms with Crippen molar-refractivity contribution in [2.45, 2.75) is 179 Å². The average molecular weight is 771 g/mol. The molecule has 3 saturated heterocycles. The van der Waals surface area contributed by atoms with Gasteiger partial charge in [0.25, 0.3) is 0 Å². The van der Waals surface area contributed by atoms with Gasteiger partial charge in [0.1, 0.15) is 23.9 Å². The van der Waals surface area contributed by atoms with Crippen molar-refractivity contribution >= 4 is 11.7 Å². The highest BCUT2D eigenvalue weighted by atomic mass is 16.7. The van der Waals surface area contributed by atoms with Gasteiger partial charge in [-0.05, 0) is 66.8 Å². The molecule has 3 fully saturated rings. The minimum atomic E-state index is -1.96. The molecule has 14 heteroatoms. The third kappa shape index (κ3) is 9.79. The number of likely N-dealkylation sites (N-methyl/N-ethyl adjacent to an activating group) is 1. The number of cyclic esters (lactones) is 1. The Morgan fingerprint density at radius 3 is 2.19 bits per heavy atom. The summed E-state index contributed by atoms with van der Waals surface area (Å²) in [5.41, 5.74) is -4.65. The number of hydrogen-bond acceptors (Lipinski definition) is 14. The predicted octanol–water partition coefficient (Wildman–Crippen LogP) is 2.71. The highest BCUT2D eigenvalue weighted by Gasteiger charge is 2.55. The summed E-state index contributed by atoms with van der Waals surface area (Å²) < 4.78 is 31.4. The molecule has 312 valence electrons. The van der Waals surface area contributed by atoms with Crippen LogP contribution in [0.25, 0.3) is 0 Å². The summed E-state index contributed by atoms with van der Waals surface area (Å²) in [6.45, 7) is 17.5. The summed E-state index contributed by atoms with van der Waals surface area (Å²) in [5.74, 6) is -2.06. The number of esters is 1. The van der Waals surface area contributed by atoms with Crippen LogP contribution in [-0.2, 0) is 28.5 Å². The van der Waals surface area contributed by atoms with E-state index in [1.807, 2.05) is 25.8 Å². The summed E-state index contributed by atoms with van der Waals surface area (Å²) in [7, 11) is 3.38. The number of oxime groups is 1. The molecule has 3 rings (SSSR count). The van der Waals surface area contributed by atoms with Crippen LogP contribution in [0.15, 0.2) is 5.16 Å². The Bertz CT molecular complexity index is 1310. The van der Waals surface area contributed by atoms with Gasteiger partial charge >= 0.3 is 5.97 Å². The van der Waals surface area contributed by atoms with Crippen molar-refractivity contribution in [1.82, 2.24) is 4.90 Å². The van der Waals surface area contributed by atoms with Gasteiger partial charge in [-0.25, -0.2) is 0 Å². The van der Waals surface area contributed by atoms with Crippen molar-refractivity contribution in [1.29, 1.82) is 0 Å².